The minimum absolute atomic E-state index is 0.0253. The highest BCUT2D eigenvalue weighted by Gasteiger charge is 2.61. The maximum absolute atomic E-state index is 11.9. The Morgan fingerprint density at radius 3 is 2.59 bits per heavy atom. The van der Waals surface area contributed by atoms with Crippen LogP contribution in [0.3, 0.4) is 0 Å². The first-order valence-corrected chi connectivity index (χ1v) is 11.1. The van der Waals surface area contributed by atoms with Gasteiger partial charge in [-0.05, 0) is 103 Å². The minimum Gasteiger partial charge on any atom is -0.508 e. The molecule has 0 spiro atoms. The van der Waals surface area contributed by atoms with Crippen molar-refractivity contribution in [3.63, 3.8) is 0 Å². The molecule has 0 aromatic heterocycles. The molecule has 2 N–H and O–H groups in total. The monoisotopic (exact) mass is 392 g/mol. The molecule has 29 heavy (non-hydrogen) atoms. The molecule has 2 fully saturated rings. The topological polar surface area (TPSA) is 49.7 Å². The average Bonchev–Trinajstić information content (AvgIpc) is 2.99. The van der Waals surface area contributed by atoms with Crippen LogP contribution in [0.1, 0.15) is 61.6 Å². The van der Waals surface area contributed by atoms with Crippen molar-refractivity contribution in [2.45, 2.75) is 63.4 Å². The van der Waals surface area contributed by atoms with E-state index in [1.165, 1.54) is 23.1 Å². The third-order valence-electron chi connectivity index (χ3n) is 8.69. The van der Waals surface area contributed by atoms with E-state index < -0.39 is 5.60 Å². The summed E-state index contributed by atoms with van der Waals surface area (Å²) >= 11 is 0. The molecule has 3 aliphatic carbocycles. The van der Waals surface area contributed by atoms with Crippen LogP contribution in [0.15, 0.2) is 42.5 Å². The smallest absolute Gasteiger partial charge is 0.118 e. The molecule has 3 heteroatoms. The number of aromatic hydroxyl groups is 1. The average molecular weight is 393 g/mol. The Labute approximate surface area is 173 Å². The van der Waals surface area contributed by atoms with Gasteiger partial charge >= 0.3 is 0 Å². The molecule has 3 nitrogen and oxygen atoms in total. The van der Waals surface area contributed by atoms with Gasteiger partial charge in [-0.3, -0.25) is 0 Å². The van der Waals surface area contributed by atoms with Crippen LogP contribution in [0.25, 0.3) is 0 Å². The molecule has 5 rings (SSSR count). The summed E-state index contributed by atoms with van der Waals surface area (Å²) in [4.78, 5) is 0. The molecule has 154 valence electrons. The predicted octanol–water partition coefficient (Wildman–Crippen LogP) is 5.23. The van der Waals surface area contributed by atoms with Crippen LogP contribution < -0.4 is 4.74 Å². The van der Waals surface area contributed by atoms with E-state index in [9.17, 15) is 10.2 Å². The first kappa shape index (κ1) is 19.0. The van der Waals surface area contributed by atoms with Crippen LogP contribution in [-0.2, 0) is 12.8 Å². The van der Waals surface area contributed by atoms with Crippen LogP contribution in [0.2, 0.25) is 0 Å². The molecule has 0 amide bonds. The minimum atomic E-state index is -0.632. The van der Waals surface area contributed by atoms with Gasteiger partial charge in [0.1, 0.15) is 11.5 Å². The van der Waals surface area contributed by atoms with Gasteiger partial charge in [0.2, 0.25) is 0 Å². The third-order valence-corrected chi connectivity index (χ3v) is 8.69. The fourth-order valence-electron chi connectivity index (χ4n) is 7.05. The van der Waals surface area contributed by atoms with E-state index in [-0.39, 0.29) is 5.41 Å². The fourth-order valence-corrected chi connectivity index (χ4v) is 7.05. The normalized spacial score (nSPS) is 35.5. The fraction of sp³-hybridized carbons (Fsp3) is 0.538. The van der Waals surface area contributed by atoms with Gasteiger partial charge in [-0.2, -0.15) is 0 Å². The number of phenols is 1. The number of methoxy groups -OCH3 is 1. The summed E-state index contributed by atoms with van der Waals surface area (Å²) in [6.45, 7) is 2.36. The van der Waals surface area contributed by atoms with Gasteiger partial charge in [0, 0.05) is 6.42 Å². The van der Waals surface area contributed by atoms with E-state index in [1.807, 2.05) is 24.3 Å². The van der Waals surface area contributed by atoms with Crippen molar-refractivity contribution in [1.29, 1.82) is 0 Å². The van der Waals surface area contributed by atoms with E-state index in [0.717, 1.165) is 44.3 Å². The van der Waals surface area contributed by atoms with Gasteiger partial charge in [0.15, 0.2) is 0 Å². The Kier molecular flexibility index (Phi) is 4.43. The second-order valence-corrected chi connectivity index (χ2v) is 9.85. The summed E-state index contributed by atoms with van der Waals surface area (Å²) in [6, 6.07) is 14.2. The lowest BCUT2D eigenvalue weighted by molar-refractivity contribution is -0.102. The lowest BCUT2D eigenvalue weighted by Crippen LogP contribution is -2.51. The number of fused-ring (bicyclic) bond motifs is 5. The first-order valence-electron chi connectivity index (χ1n) is 11.1. The quantitative estimate of drug-likeness (QED) is 0.752. The molecule has 2 aromatic rings. The molecule has 5 atom stereocenters. The largest absolute Gasteiger partial charge is 0.508 e. The Bertz CT molecular complexity index is 905. The molecule has 0 heterocycles. The highest BCUT2D eigenvalue weighted by atomic mass is 16.5. The van der Waals surface area contributed by atoms with Gasteiger partial charge < -0.3 is 14.9 Å². The van der Waals surface area contributed by atoms with Gasteiger partial charge in [0.05, 0.1) is 12.7 Å². The van der Waals surface area contributed by atoms with Crippen molar-refractivity contribution >= 4 is 0 Å². The van der Waals surface area contributed by atoms with Crippen molar-refractivity contribution in [3.8, 4) is 11.5 Å². The van der Waals surface area contributed by atoms with Crippen molar-refractivity contribution < 1.29 is 14.9 Å². The Morgan fingerprint density at radius 1 is 1.03 bits per heavy atom. The van der Waals surface area contributed by atoms with Crippen LogP contribution >= 0.6 is 0 Å². The number of hydrogen-bond donors (Lipinski definition) is 2. The predicted molar refractivity (Wildman–Crippen MR) is 114 cm³/mol. The zero-order valence-electron chi connectivity index (χ0n) is 17.5. The zero-order chi connectivity index (χ0) is 20.2. The molecule has 0 aliphatic heterocycles. The SMILES string of the molecule is COc1ccc(C[C@]2(O)CC[C@H]3[C@@H]4CCc5cc(O)ccc5[C@H]4CC[C@@]32C)cc1. The summed E-state index contributed by atoms with van der Waals surface area (Å²) in [6.07, 6.45) is 7.19. The third kappa shape index (κ3) is 2.89. The van der Waals surface area contributed by atoms with Gasteiger partial charge in [-0.15, -0.1) is 0 Å². The molecule has 2 saturated carbocycles. The second kappa shape index (κ2) is 6.77. The first-order chi connectivity index (χ1) is 13.9. The van der Waals surface area contributed by atoms with Crippen molar-refractivity contribution in [1.82, 2.24) is 0 Å². The number of rotatable bonds is 3. The van der Waals surface area contributed by atoms with Crippen molar-refractivity contribution in [3.05, 3.63) is 59.2 Å². The lowest BCUT2D eigenvalue weighted by atomic mass is 9.53. The Hall–Kier alpha value is -2.00. The van der Waals surface area contributed by atoms with Crippen molar-refractivity contribution in [2.75, 3.05) is 7.11 Å². The summed E-state index contributed by atoms with van der Waals surface area (Å²) in [5.74, 6) is 3.06. The highest BCUT2D eigenvalue weighted by molar-refractivity contribution is 5.40. The Balaban J connectivity index is 1.41. The molecule has 0 saturated heterocycles. The summed E-state index contributed by atoms with van der Waals surface area (Å²) in [5.41, 5.74) is 3.32. The molecule has 0 radical (unpaired) electrons. The molecule has 2 aromatic carbocycles. The van der Waals surface area contributed by atoms with E-state index in [2.05, 4.69) is 25.1 Å². The molecule has 3 aliphatic rings. The summed E-state index contributed by atoms with van der Waals surface area (Å²) < 4.78 is 5.29. The number of phenolic OH excluding ortho intramolecular Hbond substituents is 1. The number of hydrogen-bond acceptors (Lipinski definition) is 3. The number of aryl methyl sites for hydroxylation is 1. The van der Waals surface area contributed by atoms with Gasteiger partial charge in [0.25, 0.3) is 0 Å². The number of ether oxygens (including phenoxy) is 1. The van der Waals surface area contributed by atoms with Gasteiger partial charge in [-0.1, -0.05) is 25.1 Å². The molecule has 0 bridgehead atoms. The summed E-state index contributed by atoms with van der Waals surface area (Å²) in [5, 5.41) is 21.8. The standard InChI is InChI=1S/C26H32O3/c1-25-13-11-22-21-10-6-19(27)15-18(21)5-9-23(22)24(25)12-14-26(25,28)16-17-3-7-20(29-2)8-4-17/h3-4,6-8,10,15,22-24,27-28H,5,9,11-14,16H2,1-2H3/t22-,23-,24+,25+,26-/m1/s1. The number of benzene rings is 2. The molecular formula is C26H32O3. The van der Waals surface area contributed by atoms with E-state index >= 15 is 0 Å². The highest BCUT2D eigenvalue weighted by Crippen LogP contribution is 2.64. The van der Waals surface area contributed by atoms with Crippen LogP contribution in [-0.4, -0.2) is 22.9 Å². The second-order valence-electron chi connectivity index (χ2n) is 9.85. The maximum Gasteiger partial charge on any atom is 0.118 e. The zero-order valence-corrected chi connectivity index (χ0v) is 17.5. The van der Waals surface area contributed by atoms with Crippen LogP contribution in [0.5, 0.6) is 11.5 Å². The Morgan fingerprint density at radius 2 is 1.83 bits per heavy atom. The van der Waals surface area contributed by atoms with Crippen molar-refractivity contribution in [2.24, 2.45) is 17.3 Å². The lowest BCUT2D eigenvalue weighted by Gasteiger charge is -2.53. The van der Waals surface area contributed by atoms with E-state index in [4.69, 9.17) is 4.74 Å². The number of aliphatic hydroxyl groups is 1. The van der Waals surface area contributed by atoms with Crippen LogP contribution in [0.4, 0.5) is 0 Å². The molecular weight excluding hydrogens is 360 g/mol. The van der Waals surface area contributed by atoms with E-state index in [1.54, 1.807) is 7.11 Å². The van der Waals surface area contributed by atoms with E-state index in [0.29, 0.717) is 23.5 Å². The summed E-state index contributed by atoms with van der Waals surface area (Å²) in [7, 11) is 1.69. The van der Waals surface area contributed by atoms with Gasteiger partial charge in [-0.25, -0.2) is 0 Å². The molecule has 0 unspecified atom stereocenters. The maximum atomic E-state index is 11.9. The van der Waals surface area contributed by atoms with Crippen LogP contribution in [0, 0.1) is 17.3 Å².